The average molecular weight is 240 g/mol. The van der Waals surface area contributed by atoms with Gasteiger partial charge in [0, 0.05) is 0 Å². The molecule has 0 N–H and O–H groups in total. The van der Waals surface area contributed by atoms with E-state index >= 15 is 0 Å². The molecular formula is C14H18F2O. The molecule has 0 radical (unpaired) electrons. The lowest BCUT2D eigenvalue weighted by Crippen LogP contribution is -2.24. The first kappa shape index (κ1) is 12.3. The standard InChI is InChI=1S/C14H18F2O/c1-3-8-14(15,16)17-13-9-10(2)4-7-12(13)11-5-6-11/h4,7,9,11H,3,5-6,8H2,1-2H3. The fraction of sp³-hybridized carbons (Fsp3) is 0.571. The number of hydrogen-bond acceptors (Lipinski definition) is 1. The smallest absolute Gasteiger partial charge is 0.397 e. The van der Waals surface area contributed by atoms with Gasteiger partial charge in [0.1, 0.15) is 5.75 Å². The number of alkyl halides is 2. The zero-order chi connectivity index (χ0) is 12.5. The Morgan fingerprint density at radius 2 is 2.06 bits per heavy atom. The molecule has 0 atom stereocenters. The summed E-state index contributed by atoms with van der Waals surface area (Å²) in [5.74, 6) is 0.786. The molecule has 0 aliphatic heterocycles. The molecule has 1 aliphatic rings. The van der Waals surface area contributed by atoms with Crippen LogP contribution in [0.2, 0.25) is 0 Å². The van der Waals surface area contributed by atoms with E-state index in [1.54, 1.807) is 13.0 Å². The van der Waals surface area contributed by atoms with E-state index in [4.69, 9.17) is 4.74 Å². The van der Waals surface area contributed by atoms with Crippen molar-refractivity contribution in [1.29, 1.82) is 0 Å². The van der Waals surface area contributed by atoms with Crippen LogP contribution in [0.15, 0.2) is 18.2 Å². The molecule has 94 valence electrons. The van der Waals surface area contributed by atoms with E-state index < -0.39 is 6.11 Å². The predicted octanol–water partition coefficient (Wildman–Crippen LogP) is 4.64. The third kappa shape index (κ3) is 3.18. The van der Waals surface area contributed by atoms with Crippen molar-refractivity contribution in [3.63, 3.8) is 0 Å². The largest absolute Gasteiger partial charge is 0.432 e. The first-order chi connectivity index (χ1) is 8.02. The third-order valence-corrected chi connectivity index (χ3v) is 2.99. The number of ether oxygens (including phenoxy) is 1. The molecule has 0 amide bonds. The molecule has 1 aromatic rings. The molecule has 1 aromatic carbocycles. The number of aryl methyl sites for hydroxylation is 1. The van der Waals surface area contributed by atoms with Crippen LogP contribution in [-0.4, -0.2) is 6.11 Å². The maximum Gasteiger partial charge on any atom is 0.397 e. The summed E-state index contributed by atoms with van der Waals surface area (Å²) in [4.78, 5) is 0. The van der Waals surface area contributed by atoms with Crippen LogP contribution >= 0.6 is 0 Å². The topological polar surface area (TPSA) is 9.23 Å². The predicted molar refractivity (Wildman–Crippen MR) is 63.6 cm³/mol. The molecule has 0 bridgehead atoms. The van der Waals surface area contributed by atoms with Gasteiger partial charge in [-0.3, -0.25) is 0 Å². The highest BCUT2D eigenvalue weighted by atomic mass is 19.3. The first-order valence-corrected chi connectivity index (χ1v) is 6.19. The molecule has 0 spiro atoms. The number of rotatable bonds is 5. The summed E-state index contributed by atoms with van der Waals surface area (Å²) in [6, 6.07) is 5.60. The molecular weight excluding hydrogens is 222 g/mol. The van der Waals surface area contributed by atoms with Gasteiger partial charge in [0.2, 0.25) is 0 Å². The van der Waals surface area contributed by atoms with Gasteiger partial charge in [0.05, 0.1) is 6.42 Å². The highest BCUT2D eigenvalue weighted by Gasteiger charge is 2.34. The van der Waals surface area contributed by atoms with E-state index in [9.17, 15) is 8.78 Å². The fourth-order valence-corrected chi connectivity index (χ4v) is 1.96. The van der Waals surface area contributed by atoms with Gasteiger partial charge in [-0.15, -0.1) is 0 Å². The minimum atomic E-state index is -3.05. The van der Waals surface area contributed by atoms with Crippen molar-refractivity contribution >= 4 is 0 Å². The maximum absolute atomic E-state index is 13.5. The molecule has 1 fully saturated rings. The Morgan fingerprint density at radius 1 is 1.35 bits per heavy atom. The van der Waals surface area contributed by atoms with Gasteiger partial charge < -0.3 is 4.74 Å². The van der Waals surface area contributed by atoms with Crippen LogP contribution < -0.4 is 4.74 Å². The van der Waals surface area contributed by atoms with Crippen molar-refractivity contribution in [1.82, 2.24) is 0 Å². The van der Waals surface area contributed by atoms with Crippen LogP contribution in [-0.2, 0) is 0 Å². The second-order valence-corrected chi connectivity index (χ2v) is 4.80. The van der Waals surface area contributed by atoms with Crippen LogP contribution in [0.5, 0.6) is 5.75 Å². The second kappa shape index (κ2) is 4.63. The molecule has 1 aliphatic carbocycles. The van der Waals surface area contributed by atoms with E-state index in [2.05, 4.69) is 0 Å². The summed E-state index contributed by atoms with van der Waals surface area (Å²) in [5, 5.41) is 0. The molecule has 2 rings (SSSR count). The van der Waals surface area contributed by atoms with Gasteiger partial charge in [0.15, 0.2) is 0 Å². The first-order valence-electron chi connectivity index (χ1n) is 6.19. The van der Waals surface area contributed by atoms with Gasteiger partial charge in [-0.2, -0.15) is 8.78 Å². The zero-order valence-electron chi connectivity index (χ0n) is 10.3. The van der Waals surface area contributed by atoms with E-state index in [0.717, 1.165) is 24.0 Å². The Labute approximate surface area is 101 Å². The quantitative estimate of drug-likeness (QED) is 0.728. The molecule has 0 saturated heterocycles. The minimum Gasteiger partial charge on any atom is -0.432 e. The van der Waals surface area contributed by atoms with Gasteiger partial charge in [0.25, 0.3) is 0 Å². The van der Waals surface area contributed by atoms with Crippen molar-refractivity contribution < 1.29 is 13.5 Å². The molecule has 1 saturated carbocycles. The highest BCUT2D eigenvalue weighted by Crippen LogP contribution is 2.45. The van der Waals surface area contributed by atoms with E-state index in [-0.39, 0.29) is 6.42 Å². The van der Waals surface area contributed by atoms with E-state index in [0.29, 0.717) is 18.1 Å². The molecule has 0 heterocycles. The van der Waals surface area contributed by atoms with Crippen molar-refractivity contribution in [3.8, 4) is 5.75 Å². The average Bonchev–Trinajstić information content (AvgIpc) is 3.00. The van der Waals surface area contributed by atoms with Crippen LogP contribution in [0.3, 0.4) is 0 Å². The van der Waals surface area contributed by atoms with Crippen molar-refractivity contribution in [3.05, 3.63) is 29.3 Å². The summed E-state index contributed by atoms with van der Waals surface area (Å²) in [6.45, 7) is 3.62. The number of benzene rings is 1. The lowest BCUT2D eigenvalue weighted by molar-refractivity contribution is -0.181. The van der Waals surface area contributed by atoms with Crippen LogP contribution in [0.25, 0.3) is 0 Å². The van der Waals surface area contributed by atoms with Gasteiger partial charge >= 0.3 is 6.11 Å². The summed E-state index contributed by atoms with van der Waals surface area (Å²) >= 11 is 0. The molecule has 1 nitrogen and oxygen atoms in total. The fourth-order valence-electron chi connectivity index (χ4n) is 1.96. The maximum atomic E-state index is 13.5. The van der Waals surface area contributed by atoms with Crippen LogP contribution in [0.1, 0.15) is 49.7 Å². The normalized spacial score (nSPS) is 16.0. The SMILES string of the molecule is CCCC(F)(F)Oc1cc(C)ccc1C1CC1. The zero-order valence-corrected chi connectivity index (χ0v) is 10.3. The summed E-state index contributed by atoms with van der Waals surface area (Å²) < 4.78 is 31.9. The number of hydrogen-bond donors (Lipinski definition) is 0. The summed E-state index contributed by atoms with van der Waals surface area (Å²) in [7, 11) is 0. The van der Waals surface area contributed by atoms with Crippen LogP contribution in [0.4, 0.5) is 8.78 Å². The Kier molecular flexibility index (Phi) is 3.36. The lowest BCUT2D eigenvalue weighted by atomic mass is 10.1. The Bertz CT molecular complexity index is 397. The molecule has 3 heteroatoms. The summed E-state index contributed by atoms with van der Waals surface area (Å²) in [5.41, 5.74) is 1.89. The van der Waals surface area contributed by atoms with E-state index in [1.807, 2.05) is 19.1 Å². The van der Waals surface area contributed by atoms with Gasteiger partial charge in [-0.25, -0.2) is 0 Å². The molecule has 0 unspecified atom stereocenters. The Balaban J connectivity index is 2.21. The highest BCUT2D eigenvalue weighted by molar-refractivity contribution is 5.41. The number of halogens is 2. The van der Waals surface area contributed by atoms with E-state index in [1.165, 1.54) is 0 Å². The second-order valence-electron chi connectivity index (χ2n) is 4.80. The third-order valence-electron chi connectivity index (χ3n) is 2.99. The Hall–Kier alpha value is -1.12. The summed E-state index contributed by atoms with van der Waals surface area (Å²) in [6.07, 6.45) is -0.702. The van der Waals surface area contributed by atoms with Gasteiger partial charge in [-0.1, -0.05) is 19.1 Å². The van der Waals surface area contributed by atoms with Gasteiger partial charge in [-0.05, 0) is 49.3 Å². The van der Waals surface area contributed by atoms with Crippen LogP contribution in [0, 0.1) is 6.92 Å². The minimum absolute atomic E-state index is 0.231. The monoisotopic (exact) mass is 240 g/mol. The molecule has 0 aromatic heterocycles. The van der Waals surface area contributed by atoms with Crippen molar-refractivity contribution in [2.75, 3.05) is 0 Å². The Morgan fingerprint density at radius 3 is 2.65 bits per heavy atom. The van der Waals surface area contributed by atoms with Crippen molar-refractivity contribution in [2.45, 2.75) is 51.6 Å². The molecule has 17 heavy (non-hydrogen) atoms. The lowest BCUT2D eigenvalue weighted by Gasteiger charge is -2.20. The van der Waals surface area contributed by atoms with Crippen molar-refractivity contribution in [2.24, 2.45) is 0 Å².